The maximum absolute atomic E-state index is 10.7. The lowest BCUT2D eigenvalue weighted by Crippen LogP contribution is -2.33. The Bertz CT molecular complexity index is 179. The molecule has 1 amide bonds. The Kier molecular flexibility index (Phi) is 4.33. The first kappa shape index (κ1) is 10.9. The molecule has 12 heavy (non-hydrogen) atoms. The van der Waals surface area contributed by atoms with E-state index in [0.717, 1.165) is 0 Å². The van der Waals surface area contributed by atoms with Gasteiger partial charge in [0.15, 0.2) is 0 Å². The average molecular weight is 172 g/mol. The normalized spacial score (nSPS) is 15.2. The zero-order chi connectivity index (χ0) is 9.72. The van der Waals surface area contributed by atoms with Gasteiger partial charge in [-0.15, -0.1) is 0 Å². The average Bonchev–Trinajstić information content (AvgIpc) is 1.98. The van der Waals surface area contributed by atoms with E-state index in [2.05, 4.69) is 0 Å². The van der Waals surface area contributed by atoms with Gasteiger partial charge in [0.2, 0.25) is 5.91 Å². The first-order valence-corrected chi connectivity index (χ1v) is 3.99. The number of carbonyl (C=O) groups excluding carboxylic acids is 2. The number of hydrogen-bond donors (Lipinski definition) is 1. The summed E-state index contributed by atoms with van der Waals surface area (Å²) in [6.45, 7) is 3.32. The van der Waals surface area contributed by atoms with Gasteiger partial charge < -0.3 is 15.6 Å². The molecular weight excluding hydrogens is 158 g/mol. The van der Waals surface area contributed by atoms with Crippen LogP contribution in [0.3, 0.4) is 0 Å². The fourth-order valence-corrected chi connectivity index (χ4v) is 1.01. The topological polar surface area (TPSA) is 83.2 Å². The lowest BCUT2D eigenvalue weighted by Gasteiger charge is -2.17. The molecule has 0 unspecified atom stereocenters. The molecule has 0 spiro atoms. The second kappa shape index (κ2) is 4.74. The fraction of sp³-hybridized carbons (Fsp3) is 0.750. The van der Waals surface area contributed by atoms with Crippen LogP contribution in [0.4, 0.5) is 0 Å². The SMILES string of the molecule is CC[C@H](C[C@H](C)C(=O)[O-])C(N)=O. The first-order chi connectivity index (χ1) is 5.49. The summed E-state index contributed by atoms with van der Waals surface area (Å²) in [5, 5.41) is 10.3. The van der Waals surface area contributed by atoms with E-state index in [4.69, 9.17) is 5.73 Å². The highest BCUT2D eigenvalue weighted by atomic mass is 16.4. The van der Waals surface area contributed by atoms with Gasteiger partial charge in [-0.2, -0.15) is 0 Å². The third-order valence-corrected chi connectivity index (χ3v) is 1.94. The van der Waals surface area contributed by atoms with Crippen molar-refractivity contribution in [2.45, 2.75) is 26.7 Å². The molecule has 0 aromatic heterocycles. The number of carbonyl (C=O) groups is 2. The molecule has 0 aromatic rings. The monoisotopic (exact) mass is 172 g/mol. The van der Waals surface area contributed by atoms with Crippen LogP contribution in [0.1, 0.15) is 26.7 Å². The Labute approximate surface area is 71.8 Å². The molecule has 0 fully saturated rings. The molecule has 0 bridgehead atoms. The van der Waals surface area contributed by atoms with E-state index >= 15 is 0 Å². The minimum Gasteiger partial charge on any atom is -0.550 e. The molecule has 4 nitrogen and oxygen atoms in total. The summed E-state index contributed by atoms with van der Waals surface area (Å²) in [7, 11) is 0. The summed E-state index contributed by atoms with van der Waals surface area (Å²) >= 11 is 0. The van der Waals surface area contributed by atoms with Crippen LogP contribution in [0, 0.1) is 11.8 Å². The van der Waals surface area contributed by atoms with Gasteiger partial charge in [-0.05, 0) is 18.8 Å². The van der Waals surface area contributed by atoms with Crippen molar-refractivity contribution in [2.24, 2.45) is 17.6 Å². The van der Waals surface area contributed by atoms with Crippen LogP contribution >= 0.6 is 0 Å². The summed E-state index contributed by atoms with van der Waals surface area (Å²) in [5.41, 5.74) is 5.04. The molecule has 4 heteroatoms. The van der Waals surface area contributed by atoms with Crippen molar-refractivity contribution >= 4 is 11.9 Å². The van der Waals surface area contributed by atoms with Crippen LogP contribution in [-0.4, -0.2) is 11.9 Å². The number of hydrogen-bond acceptors (Lipinski definition) is 3. The Morgan fingerprint density at radius 1 is 1.50 bits per heavy atom. The Morgan fingerprint density at radius 3 is 2.25 bits per heavy atom. The predicted octanol–water partition coefficient (Wildman–Crippen LogP) is -0.726. The minimum absolute atomic E-state index is 0.272. The molecule has 2 N–H and O–H groups in total. The second-order valence-corrected chi connectivity index (χ2v) is 2.96. The lowest BCUT2D eigenvalue weighted by molar-refractivity contribution is -0.311. The van der Waals surface area contributed by atoms with Gasteiger partial charge in [0, 0.05) is 11.9 Å². The van der Waals surface area contributed by atoms with Crippen molar-refractivity contribution in [1.29, 1.82) is 0 Å². The number of primary amides is 1. The zero-order valence-electron chi connectivity index (χ0n) is 7.37. The smallest absolute Gasteiger partial charge is 0.220 e. The number of aliphatic carboxylic acids is 1. The standard InChI is InChI=1S/C8H15NO3/c1-3-6(7(9)10)4-5(2)8(11)12/h5-6H,3-4H2,1-2H3,(H2,9,10)(H,11,12)/p-1/t5-,6+/m0/s1. The molecule has 0 heterocycles. The number of carboxylic acids is 1. The van der Waals surface area contributed by atoms with E-state index in [0.29, 0.717) is 6.42 Å². The van der Waals surface area contributed by atoms with Crippen molar-refractivity contribution in [2.75, 3.05) is 0 Å². The number of amides is 1. The second-order valence-electron chi connectivity index (χ2n) is 2.96. The van der Waals surface area contributed by atoms with Gasteiger partial charge in [-0.1, -0.05) is 13.8 Å². The molecular formula is C8H14NO3-. The zero-order valence-corrected chi connectivity index (χ0v) is 7.37. The van der Waals surface area contributed by atoms with Crippen LogP contribution in [0.2, 0.25) is 0 Å². The Morgan fingerprint density at radius 2 is 2.00 bits per heavy atom. The number of nitrogens with two attached hydrogens (primary N) is 1. The maximum atomic E-state index is 10.7. The predicted molar refractivity (Wildman–Crippen MR) is 41.8 cm³/mol. The van der Waals surface area contributed by atoms with Crippen LogP contribution in [0.5, 0.6) is 0 Å². The van der Waals surface area contributed by atoms with E-state index in [1.165, 1.54) is 6.92 Å². The molecule has 0 aromatic carbocycles. The van der Waals surface area contributed by atoms with E-state index < -0.39 is 17.8 Å². The highest BCUT2D eigenvalue weighted by Crippen LogP contribution is 2.14. The van der Waals surface area contributed by atoms with Crippen LogP contribution < -0.4 is 10.8 Å². The first-order valence-electron chi connectivity index (χ1n) is 3.99. The van der Waals surface area contributed by atoms with Gasteiger partial charge in [0.25, 0.3) is 0 Å². The number of rotatable bonds is 5. The van der Waals surface area contributed by atoms with E-state index in [-0.39, 0.29) is 12.3 Å². The summed E-state index contributed by atoms with van der Waals surface area (Å²) in [6.07, 6.45) is 0.848. The van der Waals surface area contributed by atoms with Crippen molar-refractivity contribution in [3.8, 4) is 0 Å². The Hall–Kier alpha value is -1.06. The fourth-order valence-electron chi connectivity index (χ4n) is 1.01. The van der Waals surface area contributed by atoms with E-state index in [9.17, 15) is 14.7 Å². The molecule has 0 aliphatic carbocycles. The lowest BCUT2D eigenvalue weighted by atomic mass is 9.93. The van der Waals surface area contributed by atoms with Crippen molar-refractivity contribution in [3.05, 3.63) is 0 Å². The summed E-state index contributed by atoms with van der Waals surface area (Å²) in [5.74, 6) is -2.53. The summed E-state index contributed by atoms with van der Waals surface area (Å²) < 4.78 is 0. The van der Waals surface area contributed by atoms with Gasteiger partial charge >= 0.3 is 0 Å². The molecule has 0 aliphatic rings. The molecule has 0 aliphatic heterocycles. The largest absolute Gasteiger partial charge is 0.550 e. The molecule has 70 valence electrons. The Balaban J connectivity index is 4.02. The molecule has 0 saturated carbocycles. The molecule has 0 saturated heterocycles. The van der Waals surface area contributed by atoms with Crippen LogP contribution in [0.25, 0.3) is 0 Å². The van der Waals surface area contributed by atoms with Gasteiger partial charge in [-0.25, -0.2) is 0 Å². The van der Waals surface area contributed by atoms with E-state index in [1.54, 1.807) is 6.92 Å². The molecule has 0 radical (unpaired) electrons. The summed E-state index contributed by atoms with van der Waals surface area (Å²) in [6, 6.07) is 0. The quantitative estimate of drug-likeness (QED) is 0.593. The summed E-state index contributed by atoms with van der Waals surface area (Å²) in [4.78, 5) is 21.0. The highest BCUT2D eigenvalue weighted by molar-refractivity contribution is 5.77. The van der Waals surface area contributed by atoms with Gasteiger partial charge in [0.1, 0.15) is 0 Å². The van der Waals surface area contributed by atoms with Gasteiger partial charge in [0.05, 0.1) is 0 Å². The highest BCUT2D eigenvalue weighted by Gasteiger charge is 2.16. The van der Waals surface area contributed by atoms with Crippen molar-refractivity contribution < 1.29 is 14.7 Å². The van der Waals surface area contributed by atoms with Crippen LogP contribution in [-0.2, 0) is 9.59 Å². The third-order valence-electron chi connectivity index (χ3n) is 1.94. The van der Waals surface area contributed by atoms with E-state index in [1.807, 2.05) is 0 Å². The van der Waals surface area contributed by atoms with Gasteiger partial charge in [-0.3, -0.25) is 4.79 Å². The maximum Gasteiger partial charge on any atom is 0.220 e. The molecule has 0 rings (SSSR count). The van der Waals surface area contributed by atoms with Crippen LogP contribution in [0.15, 0.2) is 0 Å². The third kappa shape index (κ3) is 3.37. The van der Waals surface area contributed by atoms with Crippen molar-refractivity contribution in [3.63, 3.8) is 0 Å². The van der Waals surface area contributed by atoms with Crippen molar-refractivity contribution in [1.82, 2.24) is 0 Å². The molecule has 2 atom stereocenters. The number of carboxylic acid groups (broad SMARTS) is 1. The minimum atomic E-state index is -1.13.